The molecule has 0 bridgehead atoms. The first-order valence-corrected chi connectivity index (χ1v) is 15.0. The number of esters is 2. The van der Waals surface area contributed by atoms with Crippen molar-refractivity contribution < 1.29 is 78.7 Å². The number of carboxylic acids is 3. The molecule has 0 saturated carbocycles. The lowest BCUT2D eigenvalue weighted by Crippen LogP contribution is -2.71. The number of piperidine rings is 1. The molecule has 1 spiro atoms. The number of hydrogen-bond donors (Lipinski definition) is 7. The highest BCUT2D eigenvalue weighted by molar-refractivity contribution is 5.93. The average Bonchev–Trinajstić information content (AvgIpc) is 3.38. The summed E-state index contributed by atoms with van der Waals surface area (Å²) in [6, 6.07) is 2.66. The predicted molar refractivity (Wildman–Crippen MR) is 157 cm³/mol. The van der Waals surface area contributed by atoms with Gasteiger partial charge in [-0.15, -0.1) is 0 Å². The number of carboxylic acid groups (broad SMARTS) is 3. The summed E-state index contributed by atoms with van der Waals surface area (Å²) in [5.41, 5.74) is -1.45. The number of hydrogen-bond acceptors (Lipinski definition) is 14. The molecule has 1 saturated heterocycles. The van der Waals surface area contributed by atoms with Gasteiger partial charge in [-0.3, -0.25) is 19.2 Å². The van der Waals surface area contributed by atoms with Crippen LogP contribution in [0.5, 0.6) is 11.5 Å². The number of rotatable bonds is 13. The fourth-order valence-electron chi connectivity index (χ4n) is 6.87. The quantitative estimate of drug-likeness (QED) is 0.126. The zero-order valence-corrected chi connectivity index (χ0v) is 26.2. The SMILES string of the molecule is Cc1ccc(O)c2c1[C@]13CCN(C)[C@H](C)[C@]1(O)CC=C(OC(=O)C[C@H](CC(=O)[C@H](O)[C@@H](O)C(=O)O)C(=O)O[C@H](CC(=O)O)C(=O)O)[C@@H]3O2. The number of phenolic OH excluding ortho intramolecular Hbond substituents is 1. The number of aliphatic carboxylic acids is 3. The summed E-state index contributed by atoms with van der Waals surface area (Å²) in [5.74, 6) is -11.8. The van der Waals surface area contributed by atoms with E-state index < -0.39 is 102 Å². The van der Waals surface area contributed by atoms with Crippen LogP contribution in [0, 0.1) is 12.8 Å². The Morgan fingerprint density at radius 3 is 2.29 bits per heavy atom. The van der Waals surface area contributed by atoms with Crippen LogP contribution in [0.15, 0.2) is 24.0 Å². The van der Waals surface area contributed by atoms with Crippen LogP contribution in [0.2, 0.25) is 0 Å². The van der Waals surface area contributed by atoms with Crippen molar-refractivity contribution in [3.05, 3.63) is 35.1 Å². The van der Waals surface area contributed by atoms with E-state index in [9.17, 15) is 54.3 Å². The zero-order valence-electron chi connectivity index (χ0n) is 26.2. The molecule has 2 heterocycles. The van der Waals surface area contributed by atoms with Gasteiger partial charge in [0.15, 0.2) is 29.5 Å². The van der Waals surface area contributed by atoms with E-state index in [1.807, 2.05) is 18.9 Å². The standard InChI is InChI=1S/C31H37NO16/c1-13-4-5-16(33)25-22(13)30-8-9-32(3)14(2)31(30,45)7-6-18(26(30)48-25)46-21(37)11-15(10-17(34)23(38)24(39)28(42)43)29(44)47-19(27(40)41)12-20(35)36/h4-6,14-15,19,23-24,26,33,38-39,45H,7-12H2,1-3H3,(H,35,36)(H,40,41)(H,42,43)/t14-,15+,19-,23+,24-,26+,30+,31-/m1/s1. The molecule has 7 N–H and O–H groups in total. The Balaban J connectivity index is 1.65. The highest BCUT2D eigenvalue weighted by Crippen LogP contribution is 2.62. The number of ether oxygens (including phenoxy) is 3. The summed E-state index contributed by atoms with van der Waals surface area (Å²) in [6.45, 7) is 4.10. The minimum atomic E-state index is -2.60. The van der Waals surface area contributed by atoms with E-state index in [0.717, 1.165) is 0 Å². The van der Waals surface area contributed by atoms with Gasteiger partial charge < -0.3 is 54.9 Å². The average molecular weight is 680 g/mol. The summed E-state index contributed by atoms with van der Waals surface area (Å²) in [6.07, 6.45) is -10.1. The number of carbonyl (C=O) groups excluding carboxylic acids is 3. The van der Waals surface area contributed by atoms with Gasteiger partial charge >= 0.3 is 29.8 Å². The first-order valence-electron chi connectivity index (χ1n) is 15.0. The van der Waals surface area contributed by atoms with Crippen molar-refractivity contribution in [3.63, 3.8) is 0 Å². The minimum absolute atomic E-state index is 0.0335. The van der Waals surface area contributed by atoms with Crippen molar-refractivity contribution in [2.45, 2.75) is 87.4 Å². The van der Waals surface area contributed by atoms with E-state index in [2.05, 4.69) is 0 Å². The van der Waals surface area contributed by atoms with Crippen molar-refractivity contribution in [3.8, 4) is 11.5 Å². The van der Waals surface area contributed by atoms with Crippen molar-refractivity contribution >= 4 is 35.6 Å². The van der Waals surface area contributed by atoms with E-state index in [1.165, 1.54) is 12.1 Å². The first-order chi connectivity index (χ1) is 22.3. The van der Waals surface area contributed by atoms with E-state index >= 15 is 0 Å². The van der Waals surface area contributed by atoms with Crippen LogP contribution < -0.4 is 4.74 Å². The molecule has 1 fully saturated rings. The molecule has 1 aromatic rings. The number of likely N-dealkylation sites (N-methyl/N-ethyl adjacent to an activating group) is 1. The van der Waals surface area contributed by atoms with Crippen LogP contribution in [0.1, 0.15) is 50.2 Å². The van der Waals surface area contributed by atoms with Crippen molar-refractivity contribution in [2.75, 3.05) is 13.6 Å². The minimum Gasteiger partial charge on any atom is -0.504 e. The molecule has 0 amide bonds. The van der Waals surface area contributed by atoms with Gasteiger partial charge in [0.2, 0.25) is 6.10 Å². The third-order valence-corrected chi connectivity index (χ3v) is 9.53. The molecule has 17 nitrogen and oxygen atoms in total. The molecule has 8 atom stereocenters. The number of ketones is 1. The van der Waals surface area contributed by atoms with E-state index in [-0.39, 0.29) is 23.7 Å². The predicted octanol–water partition coefficient (Wildman–Crippen LogP) is -0.772. The Kier molecular flexibility index (Phi) is 10.2. The molecule has 262 valence electrons. The summed E-state index contributed by atoms with van der Waals surface area (Å²) in [4.78, 5) is 74.7. The lowest BCUT2D eigenvalue weighted by atomic mass is 9.54. The fourth-order valence-corrected chi connectivity index (χ4v) is 6.87. The number of fused-ring (bicyclic) bond motifs is 1. The van der Waals surface area contributed by atoms with Gasteiger partial charge in [-0.1, -0.05) is 6.07 Å². The Bertz CT molecular complexity index is 1550. The summed E-state index contributed by atoms with van der Waals surface area (Å²) < 4.78 is 16.6. The molecular weight excluding hydrogens is 642 g/mol. The first kappa shape index (κ1) is 36.3. The van der Waals surface area contributed by atoms with Gasteiger partial charge in [-0.2, -0.15) is 0 Å². The molecule has 17 heteroatoms. The molecule has 0 aromatic heterocycles. The van der Waals surface area contributed by atoms with Crippen molar-refractivity contribution in [1.29, 1.82) is 0 Å². The number of carbonyl (C=O) groups is 6. The number of benzene rings is 1. The normalized spacial score (nSPS) is 27.0. The van der Waals surface area contributed by atoms with E-state index in [1.54, 1.807) is 13.0 Å². The van der Waals surface area contributed by atoms with Crippen molar-refractivity contribution in [1.82, 2.24) is 4.90 Å². The zero-order chi connectivity index (χ0) is 35.9. The number of phenols is 1. The van der Waals surface area contributed by atoms with Gasteiger partial charge in [0.25, 0.3) is 0 Å². The maximum Gasteiger partial charge on any atom is 0.345 e. The number of aryl methyl sites for hydroxylation is 1. The maximum atomic E-state index is 13.4. The van der Waals surface area contributed by atoms with Crippen LogP contribution in [0.3, 0.4) is 0 Å². The molecule has 0 unspecified atom stereocenters. The lowest BCUT2D eigenvalue weighted by molar-refractivity contribution is -0.173. The highest BCUT2D eigenvalue weighted by Gasteiger charge is 2.69. The van der Waals surface area contributed by atoms with Gasteiger partial charge in [-0.05, 0) is 51.6 Å². The number of nitrogens with zero attached hydrogens (tertiary/aromatic N) is 1. The summed E-state index contributed by atoms with van der Waals surface area (Å²) in [7, 11) is 1.84. The number of aliphatic hydroxyl groups is 3. The Morgan fingerprint density at radius 1 is 1.02 bits per heavy atom. The number of likely N-dealkylation sites (tertiary alicyclic amines) is 1. The molecule has 1 aliphatic carbocycles. The smallest absolute Gasteiger partial charge is 0.345 e. The monoisotopic (exact) mass is 679 g/mol. The van der Waals surface area contributed by atoms with E-state index in [0.29, 0.717) is 24.1 Å². The maximum absolute atomic E-state index is 13.4. The van der Waals surface area contributed by atoms with Crippen LogP contribution in [0.4, 0.5) is 0 Å². The largest absolute Gasteiger partial charge is 0.504 e. The number of aliphatic hydroxyl groups excluding tert-OH is 2. The molecule has 0 radical (unpaired) electrons. The second-order valence-electron chi connectivity index (χ2n) is 12.4. The van der Waals surface area contributed by atoms with Crippen LogP contribution in [-0.4, -0.2) is 126 Å². The highest BCUT2D eigenvalue weighted by atomic mass is 16.6. The van der Waals surface area contributed by atoms with Gasteiger partial charge in [0.05, 0.1) is 29.8 Å². The third-order valence-electron chi connectivity index (χ3n) is 9.53. The topological polar surface area (TPSA) is 275 Å². The second kappa shape index (κ2) is 13.5. The summed E-state index contributed by atoms with van der Waals surface area (Å²) in [5, 5.41) is 69.8. The Morgan fingerprint density at radius 2 is 1.69 bits per heavy atom. The molecule has 1 aromatic carbocycles. The van der Waals surface area contributed by atoms with Gasteiger partial charge in [0, 0.05) is 24.4 Å². The molecular formula is C31H37NO16. The molecule has 4 rings (SSSR count). The number of aromatic hydroxyl groups is 1. The second-order valence-corrected chi connectivity index (χ2v) is 12.4. The van der Waals surface area contributed by atoms with Crippen LogP contribution in [0.25, 0.3) is 0 Å². The summed E-state index contributed by atoms with van der Waals surface area (Å²) >= 11 is 0. The lowest BCUT2D eigenvalue weighted by Gasteiger charge is -2.58. The Hall–Kier alpha value is -4.58. The van der Waals surface area contributed by atoms with Crippen LogP contribution in [-0.2, 0) is 43.7 Å². The molecule has 2 aliphatic heterocycles. The van der Waals surface area contributed by atoms with E-state index in [4.69, 9.17) is 24.4 Å². The fraction of sp³-hybridized carbons (Fsp3) is 0.548. The van der Waals surface area contributed by atoms with Crippen LogP contribution >= 0.6 is 0 Å². The molecule has 3 aliphatic rings. The van der Waals surface area contributed by atoms with Crippen molar-refractivity contribution in [2.24, 2.45) is 5.92 Å². The van der Waals surface area contributed by atoms with Gasteiger partial charge in [0.1, 0.15) is 11.9 Å². The Labute approximate surface area is 272 Å². The third kappa shape index (κ3) is 6.33. The number of Topliss-reactive ketones (excluding diaryl/α,β-unsaturated/α-hetero) is 1. The van der Waals surface area contributed by atoms with Gasteiger partial charge in [-0.25, -0.2) is 9.59 Å². The molecule has 48 heavy (non-hydrogen) atoms.